The van der Waals surface area contributed by atoms with Crippen LogP contribution in [0.5, 0.6) is 0 Å². The van der Waals surface area contributed by atoms with Gasteiger partial charge in [-0.1, -0.05) is 58.3 Å². The van der Waals surface area contributed by atoms with E-state index in [0.29, 0.717) is 0 Å². The largest absolute Gasteiger partial charge is 0.481 e. The minimum atomic E-state index is -0.964. The molecule has 0 bridgehead atoms. The standard InChI is InChI=1S/C18H34O4/c1-4-5-6-7-8-9-10-11-12-15-18(2,3)22-17(21)14-13-16(19)20/h4-15H2,1-3H3,(H,19,20). The Kier molecular flexibility index (Phi) is 11.9. The molecular formula is C18H34O4. The minimum Gasteiger partial charge on any atom is -0.481 e. The molecule has 130 valence electrons. The Hall–Kier alpha value is -1.06. The molecule has 0 atom stereocenters. The summed E-state index contributed by atoms with van der Waals surface area (Å²) >= 11 is 0. The van der Waals surface area contributed by atoms with Gasteiger partial charge in [0, 0.05) is 0 Å². The zero-order valence-electron chi connectivity index (χ0n) is 14.7. The van der Waals surface area contributed by atoms with Crippen LogP contribution in [-0.4, -0.2) is 22.6 Å². The Labute approximate surface area is 135 Å². The first-order valence-corrected chi connectivity index (χ1v) is 8.81. The van der Waals surface area contributed by atoms with Crippen molar-refractivity contribution >= 4 is 11.9 Å². The number of hydrogen-bond acceptors (Lipinski definition) is 3. The molecule has 1 N–H and O–H groups in total. The number of ether oxygens (including phenoxy) is 1. The molecule has 0 aliphatic rings. The van der Waals surface area contributed by atoms with Gasteiger partial charge in [-0.25, -0.2) is 0 Å². The molecule has 0 aliphatic carbocycles. The quantitative estimate of drug-likeness (QED) is 0.358. The summed E-state index contributed by atoms with van der Waals surface area (Å²) in [5.74, 6) is -1.38. The van der Waals surface area contributed by atoms with E-state index in [0.717, 1.165) is 12.8 Å². The zero-order valence-corrected chi connectivity index (χ0v) is 14.7. The van der Waals surface area contributed by atoms with Gasteiger partial charge in [0.15, 0.2) is 0 Å². The lowest BCUT2D eigenvalue weighted by atomic mass is 9.99. The van der Waals surface area contributed by atoms with E-state index in [-0.39, 0.29) is 12.8 Å². The second-order valence-corrected chi connectivity index (χ2v) is 6.71. The third-order valence-corrected chi connectivity index (χ3v) is 3.82. The first-order valence-electron chi connectivity index (χ1n) is 8.81. The third kappa shape index (κ3) is 13.9. The van der Waals surface area contributed by atoms with E-state index in [1.165, 1.54) is 51.4 Å². The fourth-order valence-corrected chi connectivity index (χ4v) is 2.48. The summed E-state index contributed by atoms with van der Waals surface area (Å²) in [6.45, 7) is 6.03. The Balaban J connectivity index is 3.58. The molecule has 4 nitrogen and oxygen atoms in total. The molecule has 0 saturated carbocycles. The van der Waals surface area contributed by atoms with Crippen LogP contribution in [0.25, 0.3) is 0 Å². The number of unbranched alkanes of at least 4 members (excludes halogenated alkanes) is 8. The van der Waals surface area contributed by atoms with E-state index < -0.39 is 17.5 Å². The van der Waals surface area contributed by atoms with Crippen LogP contribution in [0.2, 0.25) is 0 Å². The van der Waals surface area contributed by atoms with Crippen molar-refractivity contribution in [2.75, 3.05) is 0 Å². The highest BCUT2D eigenvalue weighted by Crippen LogP contribution is 2.20. The molecule has 22 heavy (non-hydrogen) atoms. The van der Waals surface area contributed by atoms with Gasteiger partial charge in [-0.15, -0.1) is 0 Å². The van der Waals surface area contributed by atoms with E-state index in [2.05, 4.69) is 6.92 Å². The topological polar surface area (TPSA) is 63.6 Å². The SMILES string of the molecule is CCCCCCCCCCCC(C)(C)OC(=O)CCC(=O)O. The lowest BCUT2D eigenvalue weighted by Gasteiger charge is -2.25. The predicted molar refractivity (Wildman–Crippen MR) is 88.9 cm³/mol. The molecule has 0 aromatic heterocycles. The van der Waals surface area contributed by atoms with Crippen molar-refractivity contribution in [3.8, 4) is 0 Å². The van der Waals surface area contributed by atoms with Crippen molar-refractivity contribution in [3.05, 3.63) is 0 Å². The van der Waals surface area contributed by atoms with Gasteiger partial charge in [-0.3, -0.25) is 9.59 Å². The van der Waals surface area contributed by atoms with E-state index in [9.17, 15) is 9.59 Å². The average molecular weight is 314 g/mol. The number of carbonyl (C=O) groups excluding carboxylic acids is 1. The summed E-state index contributed by atoms with van der Waals surface area (Å²) < 4.78 is 5.36. The number of hydrogen-bond donors (Lipinski definition) is 1. The predicted octanol–water partition coefficient (Wildman–Crippen LogP) is 5.09. The fraction of sp³-hybridized carbons (Fsp3) is 0.889. The highest BCUT2D eigenvalue weighted by atomic mass is 16.6. The Morgan fingerprint density at radius 3 is 1.86 bits per heavy atom. The first kappa shape index (κ1) is 20.9. The Morgan fingerprint density at radius 2 is 1.36 bits per heavy atom. The second-order valence-electron chi connectivity index (χ2n) is 6.71. The molecule has 0 amide bonds. The molecule has 0 fully saturated rings. The maximum absolute atomic E-state index is 11.5. The fourth-order valence-electron chi connectivity index (χ4n) is 2.48. The van der Waals surface area contributed by atoms with Gasteiger partial charge in [0.05, 0.1) is 12.8 Å². The summed E-state index contributed by atoms with van der Waals surface area (Å²) in [5, 5.41) is 8.54. The maximum Gasteiger partial charge on any atom is 0.306 e. The highest BCUT2D eigenvalue weighted by molar-refractivity contribution is 5.76. The van der Waals surface area contributed by atoms with Gasteiger partial charge in [-0.05, 0) is 26.7 Å². The first-order chi connectivity index (χ1) is 10.4. The van der Waals surface area contributed by atoms with Crippen molar-refractivity contribution in [1.82, 2.24) is 0 Å². The van der Waals surface area contributed by atoms with E-state index in [4.69, 9.17) is 9.84 Å². The number of carboxylic acid groups (broad SMARTS) is 1. The summed E-state index contributed by atoms with van der Waals surface area (Å²) in [4.78, 5) is 22.0. The Bertz CT molecular complexity index is 310. The van der Waals surface area contributed by atoms with E-state index in [1.54, 1.807) is 0 Å². The van der Waals surface area contributed by atoms with Crippen LogP contribution in [0.1, 0.15) is 97.8 Å². The van der Waals surface area contributed by atoms with Gasteiger partial charge in [-0.2, -0.15) is 0 Å². The number of aliphatic carboxylic acids is 1. The molecule has 4 heteroatoms. The average Bonchev–Trinajstić information content (AvgIpc) is 2.43. The van der Waals surface area contributed by atoms with E-state index >= 15 is 0 Å². The van der Waals surface area contributed by atoms with Crippen molar-refractivity contribution < 1.29 is 19.4 Å². The van der Waals surface area contributed by atoms with Gasteiger partial charge < -0.3 is 9.84 Å². The van der Waals surface area contributed by atoms with Gasteiger partial charge in [0.25, 0.3) is 0 Å². The van der Waals surface area contributed by atoms with Crippen LogP contribution in [0.3, 0.4) is 0 Å². The Morgan fingerprint density at radius 1 is 0.864 bits per heavy atom. The smallest absolute Gasteiger partial charge is 0.306 e. The van der Waals surface area contributed by atoms with Gasteiger partial charge >= 0.3 is 11.9 Å². The summed E-state index contributed by atoms with van der Waals surface area (Å²) in [6, 6.07) is 0. The molecule has 0 aliphatic heterocycles. The second kappa shape index (κ2) is 12.5. The van der Waals surface area contributed by atoms with Crippen LogP contribution in [0.4, 0.5) is 0 Å². The summed E-state index contributed by atoms with van der Waals surface area (Å²) in [6.07, 6.45) is 12.1. The number of carboxylic acids is 1. The van der Waals surface area contributed by atoms with Gasteiger partial charge in [0.1, 0.15) is 5.60 Å². The molecule has 0 rings (SSSR count). The number of esters is 1. The van der Waals surface area contributed by atoms with Crippen molar-refractivity contribution in [1.29, 1.82) is 0 Å². The van der Waals surface area contributed by atoms with Crippen molar-refractivity contribution in [3.63, 3.8) is 0 Å². The molecule has 0 heterocycles. The lowest BCUT2D eigenvalue weighted by molar-refractivity contribution is -0.159. The van der Waals surface area contributed by atoms with Crippen LogP contribution in [0.15, 0.2) is 0 Å². The van der Waals surface area contributed by atoms with Crippen LogP contribution >= 0.6 is 0 Å². The molecule has 0 spiro atoms. The zero-order chi connectivity index (χ0) is 16.8. The summed E-state index contributed by atoms with van der Waals surface area (Å²) in [7, 11) is 0. The minimum absolute atomic E-state index is 0.0451. The van der Waals surface area contributed by atoms with Crippen LogP contribution in [-0.2, 0) is 14.3 Å². The highest BCUT2D eigenvalue weighted by Gasteiger charge is 2.22. The van der Waals surface area contributed by atoms with Crippen LogP contribution in [0, 0.1) is 0 Å². The summed E-state index contributed by atoms with van der Waals surface area (Å²) in [5.41, 5.74) is -0.489. The molecule has 0 aromatic rings. The molecule has 0 radical (unpaired) electrons. The molecular weight excluding hydrogens is 280 g/mol. The van der Waals surface area contributed by atoms with Crippen molar-refractivity contribution in [2.24, 2.45) is 0 Å². The maximum atomic E-state index is 11.5. The van der Waals surface area contributed by atoms with Crippen molar-refractivity contribution in [2.45, 2.75) is 103 Å². The van der Waals surface area contributed by atoms with Crippen LogP contribution < -0.4 is 0 Å². The molecule has 0 unspecified atom stereocenters. The number of rotatable bonds is 14. The lowest BCUT2D eigenvalue weighted by Crippen LogP contribution is -2.28. The van der Waals surface area contributed by atoms with Gasteiger partial charge in [0.2, 0.25) is 0 Å². The molecule has 0 saturated heterocycles. The molecule has 0 aromatic carbocycles. The number of carbonyl (C=O) groups is 2. The monoisotopic (exact) mass is 314 g/mol. The normalized spacial score (nSPS) is 11.4. The van der Waals surface area contributed by atoms with E-state index in [1.807, 2.05) is 13.8 Å². The third-order valence-electron chi connectivity index (χ3n) is 3.82.